The summed E-state index contributed by atoms with van der Waals surface area (Å²) in [4.78, 5) is 29.2. The van der Waals surface area contributed by atoms with E-state index in [0.29, 0.717) is 53.5 Å². The number of hydrogen-bond donors (Lipinski definition) is 1. The Kier molecular flexibility index (Phi) is 7.47. The van der Waals surface area contributed by atoms with Gasteiger partial charge in [-0.3, -0.25) is 0 Å². The minimum Gasteiger partial charge on any atom is -0.480 e. The standard InChI is InChI=1S/C27H28ClF2N5O5S/c1-14-5-21(41-11-14)18-8-22(33-24(32-18)23(29)30)35-10-17(7-20(35)26(36)37)40-25-19(6-16(28)9-31-25)34-3-4-39-27(15(34)2)12-38-13-27/h5-6,8-9,11,15,17,20,23H,3-4,7,10,12-13H2,1-2H3,(H,36,37)/t15-,17-,20-/m0/s1. The zero-order valence-electron chi connectivity index (χ0n) is 22.3. The topological polar surface area (TPSA) is 110 Å². The van der Waals surface area contributed by atoms with Gasteiger partial charge in [-0.05, 0) is 36.9 Å². The van der Waals surface area contributed by atoms with Crippen molar-refractivity contribution in [2.75, 3.05) is 42.7 Å². The van der Waals surface area contributed by atoms with Gasteiger partial charge < -0.3 is 29.1 Å². The third-order valence-corrected chi connectivity index (χ3v) is 9.06. The normalized spacial score (nSPS) is 23.7. The van der Waals surface area contributed by atoms with Crippen molar-refractivity contribution >= 4 is 40.4 Å². The number of alkyl halides is 2. The zero-order valence-corrected chi connectivity index (χ0v) is 23.9. The van der Waals surface area contributed by atoms with E-state index in [4.69, 9.17) is 25.8 Å². The van der Waals surface area contributed by atoms with Gasteiger partial charge in [-0.15, -0.1) is 11.3 Å². The van der Waals surface area contributed by atoms with Crippen LogP contribution in [0.5, 0.6) is 5.88 Å². The molecule has 218 valence electrons. The molecule has 0 bridgehead atoms. The van der Waals surface area contributed by atoms with Gasteiger partial charge in [0.2, 0.25) is 5.88 Å². The molecule has 3 fully saturated rings. The Morgan fingerprint density at radius 3 is 2.73 bits per heavy atom. The molecule has 3 atom stereocenters. The summed E-state index contributed by atoms with van der Waals surface area (Å²) in [7, 11) is 0. The molecule has 3 aliphatic rings. The monoisotopic (exact) mass is 607 g/mol. The van der Waals surface area contributed by atoms with Crippen molar-refractivity contribution in [3.8, 4) is 16.5 Å². The Morgan fingerprint density at radius 2 is 2.07 bits per heavy atom. The first kappa shape index (κ1) is 28.0. The molecule has 0 amide bonds. The van der Waals surface area contributed by atoms with Gasteiger partial charge in [-0.25, -0.2) is 28.5 Å². The summed E-state index contributed by atoms with van der Waals surface area (Å²) >= 11 is 7.70. The molecule has 1 spiro atoms. The van der Waals surface area contributed by atoms with Crippen LogP contribution in [0.25, 0.3) is 10.6 Å². The van der Waals surface area contributed by atoms with Crippen LogP contribution in [0, 0.1) is 6.92 Å². The lowest BCUT2D eigenvalue weighted by Crippen LogP contribution is -2.68. The summed E-state index contributed by atoms with van der Waals surface area (Å²) in [6.45, 7) is 6.09. The Morgan fingerprint density at radius 1 is 1.27 bits per heavy atom. The maximum absolute atomic E-state index is 13.8. The van der Waals surface area contributed by atoms with Crippen molar-refractivity contribution in [2.45, 2.75) is 50.5 Å². The van der Waals surface area contributed by atoms with Crippen molar-refractivity contribution in [3.05, 3.63) is 46.2 Å². The summed E-state index contributed by atoms with van der Waals surface area (Å²) in [5.74, 6) is -1.36. The van der Waals surface area contributed by atoms with Crippen molar-refractivity contribution in [3.63, 3.8) is 0 Å². The quantitative estimate of drug-likeness (QED) is 0.409. The van der Waals surface area contributed by atoms with Crippen molar-refractivity contribution in [1.82, 2.24) is 15.0 Å². The first-order valence-electron chi connectivity index (χ1n) is 13.2. The number of carboxylic acid groups (broad SMARTS) is 1. The highest BCUT2D eigenvalue weighted by atomic mass is 35.5. The van der Waals surface area contributed by atoms with Crippen LogP contribution in [-0.2, 0) is 14.3 Å². The van der Waals surface area contributed by atoms with Crippen molar-refractivity contribution in [1.29, 1.82) is 0 Å². The van der Waals surface area contributed by atoms with Crippen LogP contribution >= 0.6 is 22.9 Å². The highest BCUT2D eigenvalue weighted by Crippen LogP contribution is 2.40. The van der Waals surface area contributed by atoms with Gasteiger partial charge in [-0.2, -0.15) is 0 Å². The summed E-state index contributed by atoms with van der Waals surface area (Å²) < 4.78 is 45.4. The summed E-state index contributed by atoms with van der Waals surface area (Å²) in [5, 5.41) is 12.4. The average Bonchev–Trinajstić information content (AvgIpc) is 3.55. The number of thiophene rings is 1. The van der Waals surface area contributed by atoms with Crippen LogP contribution < -0.4 is 14.5 Å². The second-order valence-corrected chi connectivity index (χ2v) is 11.8. The number of rotatable bonds is 7. The van der Waals surface area contributed by atoms with Gasteiger partial charge in [0.15, 0.2) is 5.82 Å². The van der Waals surface area contributed by atoms with E-state index in [1.54, 1.807) is 12.1 Å². The Labute approximate surface area is 243 Å². The molecule has 1 N–H and O–H groups in total. The van der Waals surface area contributed by atoms with Gasteiger partial charge in [0.1, 0.15) is 29.3 Å². The van der Waals surface area contributed by atoms with Crippen LogP contribution in [-0.4, -0.2) is 82.7 Å². The Bertz CT molecular complexity index is 1460. The number of aromatic nitrogens is 3. The number of halogens is 3. The van der Waals surface area contributed by atoms with Crippen LogP contribution in [0.2, 0.25) is 5.02 Å². The lowest BCUT2D eigenvalue weighted by Gasteiger charge is -2.53. The number of aliphatic carboxylic acids is 1. The maximum atomic E-state index is 13.8. The maximum Gasteiger partial charge on any atom is 0.326 e. The second kappa shape index (κ2) is 10.9. The third kappa shape index (κ3) is 5.31. The van der Waals surface area contributed by atoms with Crippen molar-refractivity contribution < 1.29 is 32.9 Å². The lowest BCUT2D eigenvalue weighted by atomic mass is 9.90. The minimum atomic E-state index is -2.92. The van der Waals surface area contributed by atoms with E-state index in [1.165, 1.54) is 22.4 Å². The third-order valence-electron chi connectivity index (χ3n) is 7.78. The lowest BCUT2D eigenvalue weighted by molar-refractivity contribution is -0.228. The smallest absolute Gasteiger partial charge is 0.326 e. The van der Waals surface area contributed by atoms with Gasteiger partial charge in [0, 0.05) is 25.2 Å². The van der Waals surface area contributed by atoms with E-state index in [-0.39, 0.29) is 24.8 Å². The summed E-state index contributed by atoms with van der Waals surface area (Å²) in [6.07, 6.45) is -1.97. The van der Waals surface area contributed by atoms with Crippen LogP contribution in [0.3, 0.4) is 0 Å². The number of pyridine rings is 1. The predicted octanol–water partition coefficient (Wildman–Crippen LogP) is 4.60. The molecule has 0 radical (unpaired) electrons. The molecule has 0 aliphatic carbocycles. The van der Waals surface area contributed by atoms with E-state index in [0.717, 1.165) is 5.56 Å². The van der Waals surface area contributed by atoms with E-state index >= 15 is 0 Å². The molecule has 10 nitrogen and oxygen atoms in total. The number of aryl methyl sites for hydroxylation is 1. The molecule has 0 saturated carbocycles. The van der Waals surface area contributed by atoms with Crippen LogP contribution in [0.15, 0.2) is 29.8 Å². The largest absolute Gasteiger partial charge is 0.480 e. The van der Waals surface area contributed by atoms with Crippen LogP contribution in [0.1, 0.15) is 31.2 Å². The molecular formula is C27H28ClF2N5O5S. The SMILES string of the molecule is Cc1csc(-c2cc(N3C[C@@H](Oc4ncc(Cl)cc4N4CCOC5(COC5)[C@@H]4C)C[C@H]3C(=O)O)nc(C(F)F)n2)c1. The van der Waals surface area contributed by atoms with Gasteiger partial charge in [-0.1, -0.05) is 11.6 Å². The molecular weight excluding hydrogens is 580 g/mol. The molecule has 3 saturated heterocycles. The molecule has 14 heteroatoms. The number of morpholine rings is 1. The number of anilines is 2. The van der Waals surface area contributed by atoms with Gasteiger partial charge >= 0.3 is 5.97 Å². The minimum absolute atomic E-state index is 0.0486. The first-order chi connectivity index (χ1) is 19.6. The molecule has 0 aromatic carbocycles. The van der Waals surface area contributed by atoms with Crippen LogP contribution in [0.4, 0.5) is 20.3 Å². The molecule has 6 heterocycles. The van der Waals surface area contributed by atoms with E-state index in [1.807, 2.05) is 25.3 Å². The molecule has 3 aromatic heterocycles. The Hall–Kier alpha value is -3.13. The summed E-state index contributed by atoms with van der Waals surface area (Å²) in [5.41, 5.74) is 1.53. The van der Waals surface area contributed by atoms with Gasteiger partial charge in [0.25, 0.3) is 6.43 Å². The molecule has 0 unspecified atom stereocenters. The van der Waals surface area contributed by atoms with E-state index < -0.39 is 36.0 Å². The summed E-state index contributed by atoms with van der Waals surface area (Å²) in [6, 6.07) is 4.07. The highest BCUT2D eigenvalue weighted by molar-refractivity contribution is 7.13. The second-order valence-electron chi connectivity index (χ2n) is 10.5. The molecule has 3 aliphatic heterocycles. The number of carbonyl (C=O) groups is 1. The molecule has 3 aromatic rings. The Balaban J connectivity index is 1.29. The van der Waals surface area contributed by atoms with Gasteiger partial charge in [0.05, 0.1) is 48.0 Å². The fourth-order valence-corrected chi connectivity index (χ4v) is 6.54. The number of carboxylic acids is 1. The number of ether oxygens (including phenoxy) is 3. The fraction of sp³-hybridized carbons (Fsp3) is 0.481. The predicted molar refractivity (Wildman–Crippen MR) is 148 cm³/mol. The number of hydrogen-bond acceptors (Lipinski definition) is 10. The van der Waals surface area contributed by atoms with E-state index in [9.17, 15) is 18.7 Å². The molecule has 6 rings (SSSR count). The highest BCUT2D eigenvalue weighted by Gasteiger charge is 2.50. The first-order valence-corrected chi connectivity index (χ1v) is 14.4. The van der Waals surface area contributed by atoms with E-state index in [2.05, 4.69) is 19.9 Å². The fourth-order valence-electron chi connectivity index (χ4n) is 5.53. The number of nitrogens with zero attached hydrogens (tertiary/aromatic N) is 5. The zero-order chi connectivity index (χ0) is 28.9. The van der Waals surface area contributed by atoms with Crippen molar-refractivity contribution in [2.24, 2.45) is 0 Å². The average molecular weight is 608 g/mol. The molecule has 41 heavy (non-hydrogen) atoms.